The molecule has 2 atom stereocenters. The smallest absolute Gasteiger partial charge is 0.173 e. The van der Waals surface area contributed by atoms with Gasteiger partial charge in [-0.25, -0.2) is 4.39 Å². The van der Waals surface area contributed by atoms with Crippen molar-refractivity contribution in [2.75, 3.05) is 13.1 Å². The molecule has 1 aliphatic rings. The van der Waals surface area contributed by atoms with Gasteiger partial charge in [-0.1, -0.05) is 23.7 Å². The molecule has 0 aliphatic carbocycles. The summed E-state index contributed by atoms with van der Waals surface area (Å²) in [7, 11) is 1.83. The summed E-state index contributed by atoms with van der Waals surface area (Å²) in [6.45, 7) is 1.65. The number of ketones is 1. The molecule has 7 heteroatoms. The number of aromatic nitrogens is 2. The fourth-order valence-electron chi connectivity index (χ4n) is 3.96. The van der Waals surface area contributed by atoms with E-state index >= 15 is 0 Å². The number of nitrogens with zero attached hydrogens (tertiary/aromatic N) is 2. The first-order valence-corrected chi connectivity index (χ1v) is 10.5. The van der Waals surface area contributed by atoms with Gasteiger partial charge in [0.2, 0.25) is 0 Å². The van der Waals surface area contributed by atoms with Gasteiger partial charge >= 0.3 is 0 Å². The lowest BCUT2D eigenvalue weighted by molar-refractivity contribution is 0.0950. The van der Waals surface area contributed by atoms with Crippen LogP contribution in [0.4, 0.5) is 4.39 Å². The van der Waals surface area contributed by atoms with Crippen LogP contribution in [0.5, 0.6) is 0 Å². The van der Waals surface area contributed by atoms with E-state index in [4.69, 9.17) is 11.6 Å². The zero-order chi connectivity index (χ0) is 19.7. The number of carbonyl (C=O) groups is 1. The quantitative estimate of drug-likeness (QED) is 0.600. The number of aryl methyl sites for hydroxylation is 1. The van der Waals surface area contributed by atoms with Crippen molar-refractivity contribution in [2.45, 2.75) is 18.8 Å². The van der Waals surface area contributed by atoms with Gasteiger partial charge in [-0.2, -0.15) is 5.10 Å². The zero-order valence-electron chi connectivity index (χ0n) is 15.5. The Hall–Kier alpha value is -2.02. The molecule has 0 amide bonds. The highest BCUT2D eigenvalue weighted by Crippen LogP contribution is 2.36. The van der Waals surface area contributed by atoms with Gasteiger partial charge in [-0.3, -0.25) is 9.48 Å². The van der Waals surface area contributed by atoms with Crippen LogP contribution in [-0.4, -0.2) is 28.7 Å². The Labute approximate surface area is 172 Å². The average molecular weight is 418 g/mol. The number of carbonyl (C=O) groups excluding carboxylic acids is 1. The van der Waals surface area contributed by atoms with Crippen LogP contribution in [0.1, 0.15) is 34.0 Å². The molecule has 28 heavy (non-hydrogen) atoms. The first-order chi connectivity index (χ1) is 13.5. The van der Waals surface area contributed by atoms with Crippen LogP contribution >= 0.6 is 22.9 Å². The number of hydrogen-bond donors (Lipinski definition) is 1. The van der Waals surface area contributed by atoms with E-state index in [1.165, 1.54) is 17.4 Å². The summed E-state index contributed by atoms with van der Waals surface area (Å²) in [6, 6.07) is 10.5. The van der Waals surface area contributed by atoms with Crippen molar-refractivity contribution < 1.29 is 9.18 Å². The molecule has 0 spiro atoms. The van der Waals surface area contributed by atoms with Gasteiger partial charge in [0, 0.05) is 13.5 Å². The number of Topliss-reactive ketones (excluding diaryl/α,β-unsaturated/α-hetero) is 1. The summed E-state index contributed by atoms with van der Waals surface area (Å²) in [5, 5.41) is 8.11. The maximum atomic E-state index is 13.7. The van der Waals surface area contributed by atoms with Gasteiger partial charge in [-0.05, 0) is 61.2 Å². The molecule has 2 aromatic heterocycles. The summed E-state index contributed by atoms with van der Waals surface area (Å²) in [5.41, 5.74) is 1.80. The van der Waals surface area contributed by atoms with E-state index in [0.717, 1.165) is 40.5 Å². The minimum Gasteiger partial charge on any atom is -0.316 e. The van der Waals surface area contributed by atoms with Crippen LogP contribution in [-0.2, 0) is 7.05 Å². The average Bonchev–Trinajstić information content (AvgIpc) is 3.28. The Balaban J connectivity index is 1.52. The van der Waals surface area contributed by atoms with Crippen molar-refractivity contribution >= 4 is 28.7 Å². The van der Waals surface area contributed by atoms with E-state index in [1.807, 2.05) is 25.2 Å². The SMILES string of the molecule is Cn1ncc(Cl)c1-c1ccc(C(=O)C[C@@H]2CNCC[C@H]2c2cccc(F)c2)s1. The van der Waals surface area contributed by atoms with Crippen LogP contribution in [0.3, 0.4) is 0 Å². The second-order valence-corrected chi connectivity index (χ2v) is 8.66. The first-order valence-electron chi connectivity index (χ1n) is 9.30. The molecule has 0 unspecified atom stereocenters. The topological polar surface area (TPSA) is 46.9 Å². The number of nitrogens with one attached hydrogen (secondary N) is 1. The van der Waals surface area contributed by atoms with Gasteiger partial charge in [0.1, 0.15) is 5.82 Å². The molecular formula is C21H21ClFN3OS. The third-order valence-corrected chi connectivity index (χ3v) is 6.75. The Kier molecular flexibility index (Phi) is 5.62. The molecule has 3 aromatic rings. The van der Waals surface area contributed by atoms with Gasteiger partial charge in [0.15, 0.2) is 5.78 Å². The largest absolute Gasteiger partial charge is 0.316 e. The maximum Gasteiger partial charge on any atom is 0.173 e. The summed E-state index contributed by atoms with van der Waals surface area (Å²) < 4.78 is 15.4. The Bertz CT molecular complexity index is 980. The molecule has 0 radical (unpaired) electrons. The van der Waals surface area contributed by atoms with Gasteiger partial charge in [-0.15, -0.1) is 11.3 Å². The minimum atomic E-state index is -0.225. The third kappa shape index (κ3) is 3.90. The number of piperidine rings is 1. The predicted octanol–water partition coefficient (Wildman–Crippen LogP) is 4.91. The zero-order valence-corrected chi connectivity index (χ0v) is 17.1. The highest BCUT2D eigenvalue weighted by molar-refractivity contribution is 7.17. The van der Waals surface area contributed by atoms with E-state index in [9.17, 15) is 9.18 Å². The van der Waals surface area contributed by atoms with E-state index in [1.54, 1.807) is 23.0 Å². The standard InChI is InChI=1S/C21H21ClFN3OS/c1-26-21(17(22)12-25-26)20-6-5-19(28-20)18(27)10-14-11-24-8-7-16(14)13-3-2-4-15(23)9-13/h2-6,9,12,14,16,24H,7-8,10-11H2,1H3/t14-,16+/m1/s1. The molecule has 146 valence electrons. The molecule has 1 fully saturated rings. The fraction of sp³-hybridized carbons (Fsp3) is 0.333. The highest BCUT2D eigenvalue weighted by atomic mass is 35.5. The van der Waals surface area contributed by atoms with Crippen molar-refractivity contribution in [3.63, 3.8) is 0 Å². The molecule has 1 aliphatic heterocycles. The van der Waals surface area contributed by atoms with Crippen LogP contribution < -0.4 is 5.32 Å². The number of rotatable bonds is 5. The molecule has 3 heterocycles. The second-order valence-electron chi connectivity index (χ2n) is 7.17. The predicted molar refractivity (Wildman–Crippen MR) is 111 cm³/mol. The molecular weight excluding hydrogens is 397 g/mol. The maximum absolute atomic E-state index is 13.7. The fourth-order valence-corrected chi connectivity index (χ4v) is 5.32. The summed E-state index contributed by atoms with van der Waals surface area (Å²) >= 11 is 7.66. The monoisotopic (exact) mass is 417 g/mol. The third-order valence-electron chi connectivity index (χ3n) is 5.34. The van der Waals surface area contributed by atoms with Crippen LogP contribution in [0.25, 0.3) is 10.6 Å². The second kappa shape index (κ2) is 8.15. The van der Waals surface area contributed by atoms with Crippen LogP contribution in [0.15, 0.2) is 42.6 Å². The molecule has 0 saturated carbocycles. The lowest BCUT2D eigenvalue weighted by Crippen LogP contribution is -2.36. The molecule has 1 N–H and O–H groups in total. The number of thiophene rings is 1. The van der Waals surface area contributed by atoms with Crippen molar-refractivity contribution in [2.24, 2.45) is 13.0 Å². The minimum absolute atomic E-state index is 0.115. The Morgan fingerprint density at radius 3 is 3.00 bits per heavy atom. The van der Waals surface area contributed by atoms with Crippen LogP contribution in [0.2, 0.25) is 5.02 Å². The van der Waals surface area contributed by atoms with Crippen molar-refractivity contribution in [3.05, 3.63) is 63.9 Å². The lowest BCUT2D eigenvalue weighted by Gasteiger charge is -2.32. The number of halogens is 2. The van der Waals surface area contributed by atoms with Gasteiger partial charge in [0.05, 0.1) is 26.7 Å². The van der Waals surface area contributed by atoms with Gasteiger partial charge < -0.3 is 5.32 Å². The molecule has 4 rings (SSSR count). The summed E-state index contributed by atoms with van der Waals surface area (Å²) in [4.78, 5) is 14.6. The van der Waals surface area contributed by atoms with Gasteiger partial charge in [0.25, 0.3) is 0 Å². The Morgan fingerprint density at radius 1 is 1.39 bits per heavy atom. The normalized spacial score (nSPS) is 19.7. The molecule has 4 nitrogen and oxygen atoms in total. The van der Waals surface area contributed by atoms with Crippen molar-refractivity contribution in [3.8, 4) is 10.6 Å². The first kappa shape index (κ1) is 19.3. The van der Waals surface area contributed by atoms with Crippen LogP contribution in [0, 0.1) is 11.7 Å². The van der Waals surface area contributed by atoms with Crippen molar-refractivity contribution in [1.82, 2.24) is 15.1 Å². The van der Waals surface area contributed by atoms with Crippen molar-refractivity contribution in [1.29, 1.82) is 0 Å². The Morgan fingerprint density at radius 2 is 2.25 bits per heavy atom. The molecule has 1 saturated heterocycles. The van der Waals surface area contributed by atoms with E-state index < -0.39 is 0 Å². The highest BCUT2D eigenvalue weighted by Gasteiger charge is 2.29. The lowest BCUT2D eigenvalue weighted by atomic mass is 9.78. The molecule has 1 aromatic carbocycles. The summed E-state index contributed by atoms with van der Waals surface area (Å²) in [5.74, 6) is 0.224. The molecule has 0 bridgehead atoms. The summed E-state index contributed by atoms with van der Waals surface area (Å²) in [6.07, 6.45) is 2.95. The number of benzene rings is 1. The van der Waals surface area contributed by atoms with E-state index in [-0.39, 0.29) is 23.4 Å². The van der Waals surface area contributed by atoms with E-state index in [0.29, 0.717) is 11.4 Å². The van der Waals surface area contributed by atoms with E-state index in [2.05, 4.69) is 10.4 Å². The number of hydrogen-bond acceptors (Lipinski definition) is 4.